The maximum absolute atomic E-state index is 9.69. The molecule has 0 saturated carbocycles. The first-order chi connectivity index (χ1) is 8.11. The van der Waals surface area contributed by atoms with E-state index in [0.29, 0.717) is 27.4 Å². The van der Waals surface area contributed by atoms with Crippen LogP contribution in [0.3, 0.4) is 0 Å². The van der Waals surface area contributed by atoms with Crippen molar-refractivity contribution in [1.82, 2.24) is 9.97 Å². The molecule has 0 radical (unpaired) electrons. The van der Waals surface area contributed by atoms with E-state index in [1.54, 1.807) is 24.4 Å². The third-order valence-corrected chi connectivity index (χ3v) is 2.79. The number of nitrogens with zero attached hydrogens (tertiary/aromatic N) is 2. The van der Waals surface area contributed by atoms with E-state index in [9.17, 15) is 5.11 Å². The van der Waals surface area contributed by atoms with Gasteiger partial charge in [0.2, 0.25) is 0 Å². The number of hydrogen-bond donors (Lipinski definition) is 2. The van der Waals surface area contributed by atoms with Gasteiger partial charge in [-0.1, -0.05) is 0 Å². The van der Waals surface area contributed by atoms with Crippen molar-refractivity contribution in [2.75, 3.05) is 12.8 Å². The highest BCUT2D eigenvalue weighted by molar-refractivity contribution is 9.10. The summed E-state index contributed by atoms with van der Waals surface area (Å²) < 4.78 is 5.56. The third kappa shape index (κ3) is 2.31. The maximum Gasteiger partial charge on any atom is 0.172 e. The van der Waals surface area contributed by atoms with E-state index in [0.717, 1.165) is 0 Å². The number of aromatic nitrogens is 2. The Bertz CT molecular complexity index is 560. The van der Waals surface area contributed by atoms with Gasteiger partial charge in [-0.25, -0.2) is 9.97 Å². The molecule has 0 unspecified atom stereocenters. The minimum atomic E-state index is 0.0418. The van der Waals surface area contributed by atoms with Gasteiger partial charge in [0.1, 0.15) is 5.82 Å². The predicted molar refractivity (Wildman–Crippen MR) is 67.8 cm³/mol. The standard InChI is InChI=1S/C11H10BrN3O2/c1-17-8-5-6(4-7(12)10(8)16)11-14-3-2-9(13)15-11/h2-5,16H,1H3,(H2,13,14,15). The van der Waals surface area contributed by atoms with Crippen LogP contribution in [0, 0.1) is 0 Å². The highest BCUT2D eigenvalue weighted by Crippen LogP contribution is 2.37. The Morgan fingerprint density at radius 2 is 2.18 bits per heavy atom. The average Bonchev–Trinajstić information content (AvgIpc) is 2.32. The van der Waals surface area contributed by atoms with Gasteiger partial charge in [-0.15, -0.1) is 0 Å². The third-order valence-electron chi connectivity index (χ3n) is 2.18. The lowest BCUT2D eigenvalue weighted by atomic mass is 10.2. The Kier molecular flexibility index (Phi) is 3.14. The number of methoxy groups -OCH3 is 1. The van der Waals surface area contributed by atoms with E-state index in [1.165, 1.54) is 7.11 Å². The molecule has 0 fully saturated rings. The summed E-state index contributed by atoms with van der Waals surface area (Å²) in [6.45, 7) is 0. The Morgan fingerprint density at radius 1 is 1.41 bits per heavy atom. The predicted octanol–water partition coefficient (Wildman–Crippen LogP) is 2.20. The van der Waals surface area contributed by atoms with E-state index < -0.39 is 0 Å². The number of phenolic OH excluding ortho intramolecular Hbond substituents is 1. The molecule has 1 aromatic carbocycles. The number of nitrogen functional groups attached to an aromatic ring is 1. The molecule has 0 saturated heterocycles. The van der Waals surface area contributed by atoms with Crippen LogP contribution in [-0.4, -0.2) is 22.2 Å². The van der Waals surface area contributed by atoms with Gasteiger partial charge in [-0.3, -0.25) is 0 Å². The van der Waals surface area contributed by atoms with Crippen molar-refractivity contribution in [3.8, 4) is 22.9 Å². The number of hydrogen-bond acceptors (Lipinski definition) is 5. The van der Waals surface area contributed by atoms with Gasteiger partial charge in [-0.05, 0) is 34.1 Å². The number of rotatable bonds is 2. The van der Waals surface area contributed by atoms with Gasteiger partial charge < -0.3 is 15.6 Å². The SMILES string of the molecule is COc1cc(-c2nccc(N)n2)cc(Br)c1O. The van der Waals surface area contributed by atoms with E-state index in [1.807, 2.05) is 0 Å². The normalized spacial score (nSPS) is 10.2. The fraction of sp³-hybridized carbons (Fsp3) is 0.0909. The number of ether oxygens (including phenoxy) is 1. The second-order valence-corrected chi connectivity index (χ2v) is 4.17. The molecule has 0 atom stereocenters. The molecule has 0 spiro atoms. The zero-order valence-corrected chi connectivity index (χ0v) is 10.6. The van der Waals surface area contributed by atoms with Crippen LogP contribution in [0.4, 0.5) is 5.82 Å². The molecule has 88 valence electrons. The number of halogens is 1. The van der Waals surface area contributed by atoms with Crippen molar-refractivity contribution < 1.29 is 9.84 Å². The van der Waals surface area contributed by atoms with Gasteiger partial charge in [0, 0.05) is 11.8 Å². The lowest BCUT2D eigenvalue weighted by Gasteiger charge is -2.08. The molecule has 2 rings (SSSR count). The summed E-state index contributed by atoms with van der Waals surface area (Å²) in [4.78, 5) is 8.21. The summed E-state index contributed by atoms with van der Waals surface area (Å²) in [5.41, 5.74) is 6.30. The van der Waals surface area contributed by atoms with Crippen LogP contribution in [0.2, 0.25) is 0 Å². The highest BCUT2D eigenvalue weighted by atomic mass is 79.9. The van der Waals surface area contributed by atoms with Crippen LogP contribution >= 0.6 is 15.9 Å². The number of aromatic hydroxyl groups is 1. The molecule has 0 aliphatic heterocycles. The van der Waals surface area contributed by atoms with Gasteiger partial charge in [-0.2, -0.15) is 0 Å². The molecule has 6 heteroatoms. The summed E-state index contributed by atoms with van der Waals surface area (Å²) in [5, 5.41) is 9.69. The van der Waals surface area contributed by atoms with Crippen LogP contribution in [0.1, 0.15) is 0 Å². The van der Waals surface area contributed by atoms with Crippen molar-refractivity contribution in [2.45, 2.75) is 0 Å². The van der Waals surface area contributed by atoms with Crippen LogP contribution < -0.4 is 10.5 Å². The van der Waals surface area contributed by atoms with E-state index in [4.69, 9.17) is 10.5 Å². The van der Waals surface area contributed by atoms with Crippen molar-refractivity contribution in [2.24, 2.45) is 0 Å². The minimum absolute atomic E-state index is 0.0418. The first-order valence-electron chi connectivity index (χ1n) is 4.77. The summed E-state index contributed by atoms with van der Waals surface area (Å²) in [6, 6.07) is 4.96. The van der Waals surface area contributed by atoms with Gasteiger partial charge in [0.25, 0.3) is 0 Å². The Hall–Kier alpha value is -1.82. The molecular formula is C11H10BrN3O2. The van der Waals surface area contributed by atoms with Crippen molar-refractivity contribution in [3.05, 3.63) is 28.9 Å². The zero-order valence-electron chi connectivity index (χ0n) is 9.01. The lowest BCUT2D eigenvalue weighted by Crippen LogP contribution is -1.95. The lowest BCUT2D eigenvalue weighted by molar-refractivity contribution is 0.372. The fourth-order valence-electron chi connectivity index (χ4n) is 1.37. The highest BCUT2D eigenvalue weighted by Gasteiger charge is 2.11. The van der Waals surface area contributed by atoms with Crippen LogP contribution in [0.5, 0.6) is 11.5 Å². The molecular weight excluding hydrogens is 286 g/mol. The fourth-order valence-corrected chi connectivity index (χ4v) is 1.81. The van der Waals surface area contributed by atoms with Gasteiger partial charge >= 0.3 is 0 Å². The number of phenols is 1. The summed E-state index contributed by atoms with van der Waals surface area (Å²) in [5.74, 6) is 1.25. The molecule has 1 aromatic heterocycles. The van der Waals surface area contributed by atoms with Gasteiger partial charge in [0.15, 0.2) is 17.3 Å². The molecule has 2 aromatic rings. The van der Waals surface area contributed by atoms with Crippen LogP contribution in [0.15, 0.2) is 28.9 Å². The number of anilines is 1. The monoisotopic (exact) mass is 295 g/mol. The van der Waals surface area contributed by atoms with Crippen molar-refractivity contribution in [3.63, 3.8) is 0 Å². The molecule has 1 heterocycles. The maximum atomic E-state index is 9.69. The second kappa shape index (κ2) is 4.58. The molecule has 3 N–H and O–H groups in total. The summed E-state index contributed by atoms with van der Waals surface area (Å²) in [6.07, 6.45) is 1.57. The van der Waals surface area contributed by atoms with E-state index in [2.05, 4.69) is 25.9 Å². The quantitative estimate of drug-likeness (QED) is 0.888. The van der Waals surface area contributed by atoms with Gasteiger partial charge in [0.05, 0.1) is 11.6 Å². The number of benzene rings is 1. The van der Waals surface area contributed by atoms with Crippen molar-refractivity contribution >= 4 is 21.7 Å². The van der Waals surface area contributed by atoms with E-state index >= 15 is 0 Å². The molecule has 0 amide bonds. The largest absolute Gasteiger partial charge is 0.503 e. The molecule has 0 aliphatic carbocycles. The summed E-state index contributed by atoms with van der Waals surface area (Å²) in [7, 11) is 1.48. The molecule has 17 heavy (non-hydrogen) atoms. The van der Waals surface area contributed by atoms with E-state index in [-0.39, 0.29) is 5.75 Å². The van der Waals surface area contributed by atoms with Crippen LogP contribution in [0.25, 0.3) is 11.4 Å². The summed E-state index contributed by atoms with van der Waals surface area (Å²) >= 11 is 3.24. The van der Waals surface area contributed by atoms with Crippen LogP contribution in [-0.2, 0) is 0 Å². The Morgan fingerprint density at radius 3 is 2.82 bits per heavy atom. The zero-order chi connectivity index (χ0) is 12.4. The first-order valence-corrected chi connectivity index (χ1v) is 5.56. The minimum Gasteiger partial charge on any atom is -0.503 e. The van der Waals surface area contributed by atoms with Crippen molar-refractivity contribution in [1.29, 1.82) is 0 Å². The molecule has 0 aliphatic rings. The second-order valence-electron chi connectivity index (χ2n) is 3.31. The smallest absolute Gasteiger partial charge is 0.172 e. The Balaban J connectivity index is 2.56. The Labute approximate surface area is 106 Å². The average molecular weight is 296 g/mol. The topological polar surface area (TPSA) is 81.3 Å². The molecule has 0 bridgehead atoms. The number of nitrogens with two attached hydrogens (primary N) is 1. The first kappa shape index (κ1) is 11.7. The molecule has 5 nitrogen and oxygen atoms in total.